The van der Waals surface area contributed by atoms with Crippen LogP contribution in [0.4, 0.5) is 5.82 Å². The van der Waals surface area contributed by atoms with Crippen LogP contribution in [-0.2, 0) is 5.41 Å². The molecule has 0 spiro atoms. The van der Waals surface area contributed by atoms with Crippen LogP contribution in [0.15, 0.2) is 6.07 Å². The van der Waals surface area contributed by atoms with Crippen molar-refractivity contribution in [3.05, 3.63) is 11.8 Å². The van der Waals surface area contributed by atoms with Gasteiger partial charge in [-0.3, -0.25) is 4.68 Å². The van der Waals surface area contributed by atoms with E-state index in [2.05, 4.69) is 42.5 Å². The Morgan fingerprint density at radius 3 is 2.62 bits per heavy atom. The zero-order valence-electron chi connectivity index (χ0n) is 10.7. The number of hydrogen-bond acceptors (Lipinski definition) is 3. The Balaban J connectivity index is 2.33. The number of likely N-dealkylation sites (tertiary alicyclic amines) is 1. The summed E-state index contributed by atoms with van der Waals surface area (Å²) in [5.41, 5.74) is 7.18. The molecule has 0 aromatic carbocycles. The van der Waals surface area contributed by atoms with Gasteiger partial charge in [-0.05, 0) is 20.0 Å². The maximum Gasteiger partial charge on any atom is 0.145 e. The fraction of sp³-hybridized carbons (Fsp3) is 0.750. The summed E-state index contributed by atoms with van der Waals surface area (Å²) in [6, 6.07) is 2.50. The summed E-state index contributed by atoms with van der Waals surface area (Å²) in [5.74, 6) is 0.638. The molecule has 4 heteroatoms. The van der Waals surface area contributed by atoms with Crippen LogP contribution in [0.25, 0.3) is 0 Å². The molecule has 0 saturated carbocycles. The van der Waals surface area contributed by atoms with Crippen molar-refractivity contribution in [3.8, 4) is 0 Å². The molecule has 16 heavy (non-hydrogen) atoms. The quantitative estimate of drug-likeness (QED) is 0.785. The number of nitrogens with zero attached hydrogens (tertiary/aromatic N) is 3. The van der Waals surface area contributed by atoms with Gasteiger partial charge in [0.05, 0.1) is 6.04 Å². The zero-order valence-corrected chi connectivity index (χ0v) is 10.7. The molecule has 2 rings (SSSR count). The zero-order chi connectivity index (χ0) is 11.9. The van der Waals surface area contributed by atoms with Gasteiger partial charge in [0.1, 0.15) is 5.82 Å². The summed E-state index contributed by atoms with van der Waals surface area (Å²) < 4.78 is 2.14. The third-order valence-corrected chi connectivity index (χ3v) is 3.24. The van der Waals surface area contributed by atoms with Gasteiger partial charge in [-0.1, -0.05) is 20.8 Å². The molecule has 1 unspecified atom stereocenters. The summed E-state index contributed by atoms with van der Waals surface area (Å²) in [7, 11) is 2.16. The SMILES string of the molecule is CN1CCC(n2nc(N)cc2C(C)(C)C)C1. The van der Waals surface area contributed by atoms with E-state index >= 15 is 0 Å². The molecule has 1 fully saturated rings. The number of nitrogens with two attached hydrogens (primary N) is 1. The normalized spacial score (nSPS) is 22.9. The van der Waals surface area contributed by atoms with Gasteiger partial charge < -0.3 is 10.6 Å². The van der Waals surface area contributed by atoms with E-state index in [-0.39, 0.29) is 5.41 Å². The van der Waals surface area contributed by atoms with Gasteiger partial charge in [0.25, 0.3) is 0 Å². The van der Waals surface area contributed by atoms with Crippen LogP contribution in [0.5, 0.6) is 0 Å². The standard InChI is InChI=1S/C12H22N4/c1-12(2,3)10-7-11(13)14-16(10)9-5-6-15(4)8-9/h7,9H,5-6,8H2,1-4H3,(H2,13,14). The molecule has 0 bridgehead atoms. The van der Waals surface area contributed by atoms with Gasteiger partial charge in [0, 0.05) is 23.7 Å². The number of aromatic nitrogens is 2. The topological polar surface area (TPSA) is 47.1 Å². The summed E-state index contributed by atoms with van der Waals surface area (Å²) in [6.07, 6.45) is 1.17. The lowest BCUT2D eigenvalue weighted by Crippen LogP contribution is -2.24. The molecule has 0 amide bonds. The van der Waals surface area contributed by atoms with Crippen LogP contribution < -0.4 is 5.73 Å². The molecule has 1 aliphatic heterocycles. The van der Waals surface area contributed by atoms with Crippen molar-refractivity contribution >= 4 is 5.82 Å². The number of likely N-dealkylation sites (N-methyl/N-ethyl adjacent to an activating group) is 1. The lowest BCUT2D eigenvalue weighted by molar-refractivity contribution is 0.366. The smallest absolute Gasteiger partial charge is 0.145 e. The number of anilines is 1. The largest absolute Gasteiger partial charge is 0.382 e. The molecular formula is C12H22N4. The van der Waals surface area contributed by atoms with E-state index in [1.54, 1.807) is 0 Å². The van der Waals surface area contributed by atoms with Gasteiger partial charge in [-0.2, -0.15) is 5.10 Å². The average Bonchev–Trinajstić information content (AvgIpc) is 2.70. The third kappa shape index (κ3) is 2.07. The minimum atomic E-state index is 0.103. The van der Waals surface area contributed by atoms with Gasteiger partial charge in [0.2, 0.25) is 0 Å². The van der Waals surface area contributed by atoms with E-state index in [0.717, 1.165) is 13.1 Å². The van der Waals surface area contributed by atoms with Crippen molar-refractivity contribution in [2.75, 3.05) is 25.9 Å². The fourth-order valence-electron chi connectivity index (χ4n) is 2.36. The first kappa shape index (κ1) is 11.5. The monoisotopic (exact) mass is 222 g/mol. The Morgan fingerprint density at radius 2 is 2.12 bits per heavy atom. The van der Waals surface area contributed by atoms with Crippen molar-refractivity contribution in [2.24, 2.45) is 0 Å². The lowest BCUT2D eigenvalue weighted by Gasteiger charge is -2.23. The second-order valence-corrected chi connectivity index (χ2v) is 5.85. The first-order chi connectivity index (χ1) is 7.38. The predicted octanol–water partition coefficient (Wildman–Crippen LogP) is 1.64. The fourth-order valence-corrected chi connectivity index (χ4v) is 2.36. The highest BCUT2D eigenvalue weighted by Gasteiger charge is 2.28. The van der Waals surface area contributed by atoms with E-state index in [0.29, 0.717) is 11.9 Å². The Hall–Kier alpha value is -1.03. The highest BCUT2D eigenvalue weighted by molar-refractivity contribution is 5.33. The summed E-state index contributed by atoms with van der Waals surface area (Å²) in [5, 5.41) is 4.46. The van der Waals surface area contributed by atoms with E-state index in [1.807, 2.05) is 6.07 Å². The Bertz CT molecular complexity index is 375. The van der Waals surface area contributed by atoms with Gasteiger partial charge in [0.15, 0.2) is 0 Å². The van der Waals surface area contributed by atoms with E-state index < -0.39 is 0 Å². The number of rotatable bonds is 1. The van der Waals surface area contributed by atoms with Crippen molar-refractivity contribution in [1.29, 1.82) is 0 Å². The summed E-state index contributed by atoms with van der Waals surface area (Å²) in [6.45, 7) is 8.84. The predicted molar refractivity (Wildman–Crippen MR) is 66.5 cm³/mol. The van der Waals surface area contributed by atoms with Crippen LogP contribution >= 0.6 is 0 Å². The highest BCUT2D eigenvalue weighted by atomic mass is 15.4. The summed E-state index contributed by atoms with van der Waals surface area (Å²) >= 11 is 0. The molecule has 0 aliphatic carbocycles. The summed E-state index contributed by atoms with van der Waals surface area (Å²) in [4.78, 5) is 2.34. The van der Waals surface area contributed by atoms with Crippen LogP contribution in [0, 0.1) is 0 Å². The highest BCUT2D eigenvalue weighted by Crippen LogP contribution is 2.29. The molecule has 4 nitrogen and oxygen atoms in total. The Kier molecular flexibility index (Phi) is 2.70. The molecule has 2 heterocycles. The molecule has 90 valence electrons. The Labute approximate surface area is 97.4 Å². The lowest BCUT2D eigenvalue weighted by atomic mass is 9.91. The molecular weight excluding hydrogens is 200 g/mol. The number of hydrogen-bond donors (Lipinski definition) is 1. The molecule has 2 N–H and O–H groups in total. The van der Waals surface area contributed by atoms with E-state index in [4.69, 9.17) is 5.73 Å². The van der Waals surface area contributed by atoms with Crippen molar-refractivity contribution in [1.82, 2.24) is 14.7 Å². The number of nitrogen functional groups attached to an aromatic ring is 1. The minimum Gasteiger partial charge on any atom is -0.382 e. The minimum absolute atomic E-state index is 0.103. The van der Waals surface area contributed by atoms with Crippen LogP contribution in [-0.4, -0.2) is 34.8 Å². The first-order valence-corrected chi connectivity index (χ1v) is 5.92. The molecule has 1 saturated heterocycles. The van der Waals surface area contributed by atoms with Gasteiger partial charge >= 0.3 is 0 Å². The molecule has 1 aromatic rings. The molecule has 1 aliphatic rings. The maximum atomic E-state index is 5.83. The third-order valence-electron chi connectivity index (χ3n) is 3.24. The first-order valence-electron chi connectivity index (χ1n) is 5.92. The van der Waals surface area contributed by atoms with Crippen molar-refractivity contribution < 1.29 is 0 Å². The van der Waals surface area contributed by atoms with Crippen LogP contribution in [0.1, 0.15) is 38.9 Å². The van der Waals surface area contributed by atoms with Crippen molar-refractivity contribution in [3.63, 3.8) is 0 Å². The molecule has 1 aromatic heterocycles. The molecule has 1 atom stereocenters. The van der Waals surface area contributed by atoms with Gasteiger partial charge in [-0.25, -0.2) is 0 Å². The van der Waals surface area contributed by atoms with E-state index in [9.17, 15) is 0 Å². The Morgan fingerprint density at radius 1 is 1.44 bits per heavy atom. The van der Waals surface area contributed by atoms with Gasteiger partial charge in [-0.15, -0.1) is 0 Å². The maximum absolute atomic E-state index is 5.83. The van der Waals surface area contributed by atoms with Crippen molar-refractivity contribution in [2.45, 2.75) is 38.6 Å². The average molecular weight is 222 g/mol. The van der Waals surface area contributed by atoms with E-state index in [1.165, 1.54) is 12.1 Å². The second-order valence-electron chi connectivity index (χ2n) is 5.85. The second kappa shape index (κ2) is 3.77. The molecule has 0 radical (unpaired) electrons. The van der Waals surface area contributed by atoms with Crippen LogP contribution in [0.2, 0.25) is 0 Å². The van der Waals surface area contributed by atoms with Crippen LogP contribution in [0.3, 0.4) is 0 Å².